The lowest BCUT2D eigenvalue weighted by molar-refractivity contribution is 0.105. The van der Waals surface area contributed by atoms with Crippen LogP contribution in [0.5, 0.6) is 0 Å². The van der Waals surface area contributed by atoms with Crippen LogP contribution in [0.2, 0.25) is 0 Å². The van der Waals surface area contributed by atoms with Gasteiger partial charge in [-0.3, -0.25) is 0 Å². The highest BCUT2D eigenvalue weighted by Crippen LogP contribution is 2.46. The molecule has 114 valence electrons. The number of aryl methyl sites for hydroxylation is 1. The number of aromatic nitrogens is 3. The maximum atomic E-state index is 4.58. The van der Waals surface area contributed by atoms with Crippen LogP contribution in [0, 0.1) is 17.8 Å². The SMILES string of the molecule is Cc1ccc2nc(NC3CC(C)(C)CC(C)(C)C3)nn2c1. The van der Waals surface area contributed by atoms with E-state index >= 15 is 0 Å². The topological polar surface area (TPSA) is 42.2 Å². The number of rotatable bonds is 2. The molecule has 0 spiro atoms. The van der Waals surface area contributed by atoms with Gasteiger partial charge in [0.15, 0.2) is 5.65 Å². The molecule has 0 unspecified atom stereocenters. The summed E-state index contributed by atoms with van der Waals surface area (Å²) in [5.41, 5.74) is 2.83. The van der Waals surface area contributed by atoms with Crippen LogP contribution in [0.15, 0.2) is 18.3 Å². The minimum atomic E-state index is 0.370. The van der Waals surface area contributed by atoms with E-state index in [1.54, 1.807) is 0 Å². The molecule has 0 atom stereocenters. The van der Waals surface area contributed by atoms with Gasteiger partial charge in [0.1, 0.15) is 0 Å². The van der Waals surface area contributed by atoms with Gasteiger partial charge in [0.25, 0.3) is 0 Å². The first-order valence-electron chi connectivity index (χ1n) is 7.82. The van der Waals surface area contributed by atoms with Crippen LogP contribution in [-0.2, 0) is 0 Å². The van der Waals surface area contributed by atoms with E-state index < -0.39 is 0 Å². The van der Waals surface area contributed by atoms with E-state index in [0.29, 0.717) is 16.9 Å². The molecule has 0 saturated heterocycles. The van der Waals surface area contributed by atoms with Crippen LogP contribution in [-0.4, -0.2) is 20.6 Å². The second-order valence-electron chi connectivity index (χ2n) is 8.20. The van der Waals surface area contributed by atoms with E-state index in [4.69, 9.17) is 0 Å². The molecule has 0 radical (unpaired) electrons. The maximum absolute atomic E-state index is 4.58. The van der Waals surface area contributed by atoms with Gasteiger partial charge in [0.05, 0.1) is 0 Å². The van der Waals surface area contributed by atoms with Crippen molar-refractivity contribution in [1.29, 1.82) is 0 Å². The number of anilines is 1. The fourth-order valence-corrected chi connectivity index (χ4v) is 4.18. The van der Waals surface area contributed by atoms with E-state index in [9.17, 15) is 0 Å². The zero-order valence-corrected chi connectivity index (χ0v) is 13.8. The smallest absolute Gasteiger partial charge is 0.243 e. The van der Waals surface area contributed by atoms with E-state index in [0.717, 1.165) is 11.6 Å². The zero-order chi connectivity index (χ0) is 15.3. The molecule has 2 heterocycles. The fraction of sp³-hybridized carbons (Fsp3) is 0.647. The van der Waals surface area contributed by atoms with Crippen molar-refractivity contribution in [3.8, 4) is 0 Å². The van der Waals surface area contributed by atoms with Crippen molar-refractivity contribution in [1.82, 2.24) is 14.6 Å². The van der Waals surface area contributed by atoms with Gasteiger partial charge in [0, 0.05) is 12.2 Å². The lowest BCUT2D eigenvalue weighted by Gasteiger charge is -2.45. The van der Waals surface area contributed by atoms with Gasteiger partial charge in [0.2, 0.25) is 5.95 Å². The summed E-state index contributed by atoms with van der Waals surface area (Å²) >= 11 is 0. The average molecular weight is 286 g/mol. The minimum Gasteiger partial charge on any atom is -0.350 e. The summed E-state index contributed by atoms with van der Waals surface area (Å²) in [5.74, 6) is 0.749. The Morgan fingerprint density at radius 3 is 2.48 bits per heavy atom. The molecular weight excluding hydrogens is 260 g/mol. The summed E-state index contributed by atoms with van der Waals surface area (Å²) in [6, 6.07) is 4.53. The summed E-state index contributed by atoms with van der Waals surface area (Å²) in [7, 11) is 0. The number of hydrogen-bond donors (Lipinski definition) is 1. The first-order chi connectivity index (χ1) is 9.72. The van der Waals surface area contributed by atoms with Gasteiger partial charge < -0.3 is 5.32 Å². The summed E-state index contributed by atoms with van der Waals surface area (Å²) < 4.78 is 1.86. The fourth-order valence-electron chi connectivity index (χ4n) is 4.18. The Hall–Kier alpha value is -1.58. The van der Waals surface area contributed by atoms with Crippen LogP contribution in [0.1, 0.15) is 52.5 Å². The summed E-state index contributed by atoms with van der Waals surface area (Å²) in [6.45, 7) is 11.5. The molecule has 2 aromatic heterocycles. The quantitative estimate of drug-likeness (QED) is 0.905. The van der Waals surface area contributed by atoms with Crippen LogP contribution in [0.25, 0.3) is 5.65 Å². The monoisotopic (exact) mass is 286 g/mol. The highest BCUT2D eigenvalue weighted by Gasteiger charge is 2.38. The van der Waals surface area contributed by atoms with E-state index in [1.165, 1.54) is 24.8 Å². The summed E-state index contributed by atoms with van der Waals surface area (Å²) in [5, 5.41) is 8.12. The van der Waals surface area contributed by atoms with Gasteiger partial charge in [-0.25, -0.2) is 4.52 Å². The van der Waals surface area contributed by atoms with Crippen LogP contribution < -0.4 is 5.32 Å². The Morgan fingerprint density at radius 1 is 1.14 bits per heavy atom. The van der Waals surface area contributed by atoms with Gasteiger partial charge in [-0.15, -0.1) is 5.10 Å². The molecule has 1 aliphatic carbocycles. The van der Waals surface area contributed by atoms with Crippen molar-refractivity contribution < 1.29 is 0 Å². The van der Waals surface area contributed by atoms with Crippen molar-refractivity contribution in [2.24, 2.45) is 10.8 Å². The Balaban J connectivity index is 1.81. The molecule has 1 saturated carbocycles. The largest absolute Gasteiger partial charge is 0.350 e. The minimum absolute atomic E-state index is 0.370. The van der Waals surface area contributed by atoms with E-state index in [2.05, 4.69) is 56.1 Å². The summed E-state index contributed by atoms with van der Waals surface area (Å²) in [6.07, 6.45) is 5.63. The first kappa shape index (κ1) is 14.4. The lowest BCUT2D eigenvalue weighted by atomic mass is 9.63. The molecular formula is C17H26N4. The average Bonchev–Trinajstić information content (AvgIpc) is 2.65. The third-order valence-corrected chi connectivity index (χ3v) is 4.37. The zero-order valence-electron chi connectivity index (χ0n) is 13.8. The highest BCUT2D eigenvalue weighted by molar-refractivity contribution is 5.44. The van der Waals surface area contributed by atoms with Crippen molar-refractivity contribution in [2.45, 2.75) is 59.9 Å². The second kappa shape index (κ2) is 4.72. The molecule has 0 aliphatic heterocycles. The van der Waals surface area contributed by atoms with Gasteiger partial charge in [-0.1, -0.05) is 33.8 Å². The Bertz CT molecular complexity index is 638. The Kier molecular flexibility index (Phi) is 3.23. The lowest BCUT2D eigenvalue weighted by Crippen LogP contribution is -2.40. The summed E-state index contributed by atoms with van der Waals surface area (Å²) in [4.78, 5) is 4.58. The molecule has 1 fully saturated rings. The maximum Gasteiger partial charge on any atom is 0.243 e. The molecule has 3 rings (SSSR count). The van der Waals surface area contributed by atoms with Crippen molar-refractivity contribution in [3.05, 3.63) is 23.9 Å². The highest BCUT2D eigenvalue weighted by atomic mass is 15.3. The molecule has 4 nitrogen and oxygen atoms in total. The van der Waals surface area contributed by atoms with Crippen LogP contribution in [0.4, 0.5) is 5.95 Å². The van der Waals surface area contributed by atoms with Crippen molar-refractivity contribution >= 4 is 11.6 Å². The number of hydrogen-bond acceptors (Lipinski definition) is 3. The third-order valence-electron chi connectivity index (χ3n) is 4.37. The van der Waals surface area contributed by atoms with Gasteiger partial charge in [-0.2, -0.15) is 4.98 Å². The van der Waals surface area contributed by atoms with Crippen LogP contribution in [0.3, 0.4) is 0 Å². The number of nitrogens with one attached hydrogen (secondary N) is 1. The van der Waals surface area contributed by atoms with Gasteiger partial charge >= 0.3 is 0 Å². The Morgan fingerprint density at radius 2 is 1.81 bits per heavy atom. The first-order valence-corrected chi connectivity index (χ1v) is 7.82. The van der Waals surface area contributed by atoms with E-state index in [-0.39, 0.29) is 0 Å². The number of fused-ring (bicyclic) bond motifs is 1. The molecule has 1 N–H and O–H groups in total. The predicted molar refractivity (Wildman–Crippen MR) is 86.5 cm³/mol. The van der Waals surface area contributed by atoms with Gasteiger partial charge in [-0.05, 0) is 48.6 Å². The normalized spacial score (nSPS) is 21.6. The van der Waals surface area contributed by atoms with Crippen LogP contribution >= 0.6 is 0 Å². The molecule has 2 aromatic rings. The second-order valence-corrected chi connectivity index (χ2v) is 8.20. The van der Waals surface area contributed by atoms with Crippen molar-refractivity contribution in [2.75, 3.05) is 5.32 Å². The molecule has 0 aromatic carbocycles. The van der Waals surface area contributed by atoms with E-state index in [1.807, 2.05) is 16.8 Å². The molecule has 4 heteroatoms. The van der Waals surface area contributed by atoms with Crippen molar-refractivity contribution in [3.63, 3.8) is 0 Å². The number of pyridine rings is 1. The predicted octanol–water partition coefficient (Wildman–Crippen LogP) is 4.05. The molecule has 0 amide bonds. The molecule has 0 bridgehead atoms. The standard InChI is InChI=1S/C17H26N4/c1-12-6-7-14-19-15(20-21(14)10-12)18-13-8-16(2,3)11-17(4,5)9-13/h6-7,10,13H,8-9,11H2,1-5H3,(H,18,20). The molecule has 1 aliphatic rings. The number of nitrogens with zero attached hydrogens (tertiary/aromatic N) is 3. The third kappa shape index (κ3) is 3.20. The molecule has 21 heavy (non-hydrogen) atoms. The Labute approximate surface area is 127 Å².